The van der Waals surface area contributed by atoms with Crippen LogP contribution in [-0.4, -0.2) is 31.0 Å². The van der Waals surface area contributed by atoms with Crippen LogP contribution in [0.1, 0.15) is 24.3 Å². The van der Waals surface area contributed by atoms with E-state index in [-0.39, 0.29) is 11.9 Å². The van der Waals surface area contributed by atoms with Crippen molar-refractivity contribution in [3.05, 3.63) is 48.2 Å². The fraction of sp³-hybridized carbons (Fsp3) is 0.294. The molecule has 5 heteroatoms. The molecular weight excluding hydrogens is 276 g/mol. The molecule has 2 rings (SSSR count). The quantitative estimate of drug-likeness (QED) is 0.890. The fourth-order valence-corrected chi connectivity index (χ4v) is 1.98. The van der Waals surface area contributed by atoms with Crippen molar-refractivity contribution >= 4 is 23.1 Å². The summed E-state index contributed by atoms with van der Waals surface area (Å²) in [7, 11) is 3.95. The Bertz CT molecular complexity index is 635. The zero-order valence-corrected chi connectivity index (χ0v) is 13.4. The van der Waals surface area contributed by atoms with Crippen molar-refractivity contribution in [1.82, 2.24) is 4.98 Å². The van der Waals surface area contributed by atoms with Crippen LogP contribution in [0.4, 0.5) is 17.2 Å². The molecule has 2 aromatic rings. The van der Waals surface area contributed by atoms with E-state index >= 15 is 0 Å². The standard InChI is InChI=1S/C17H22N4O/c1-12(2)18-16-7-5-6-15(20-16)17(22)19-13-8-10-14(11-9-13)21(3)4/h5-12H,1-4H3,(H,18,20)(H,19,22). The van der Waals surface area contributed by atoms with Crippen LogP contribution in [0.5, 0.6) is 0 Å². The third-order valence-electron chi connectivity index (χ3n) is 3.06. The van der Waals surface area contributed by atoms with Crippen molar-refractivity contribution < 1.29 is 4.79 Å². The zero-order valence-electron chi connectivity index (χ0n) is 13.4. The molecule has 0 saturated heterocycles. The maximum atomic E-state index is 12.3. The molecule has 1 aromatic carbocycles. The van der Waals surface area contributed by atoms with Gasteiger partial charge in [0.1, 0.15) is 11.5 Å². The number of carbonyl (C=O) groups excluding carboxylic acids is 1. The molecule has 1 amide bonds. The van der Waals surface area contributed by atoms with E-state index in [9.17, 15) is 4.79 Å². The molecule has 116 valence electrons. The van der Waals surface area contributed by atoms with Gasteiger partial charge in [0.2, 0.25) is 0 Å². The highest BCUT2D eigenvalue weighted by Gasteiger charge is 2.09. The van der Waals surface area contributed by atoms with Crippen LogP contribution in [0.15, 0.2) is 42.5 Å². The minimum absolute atomic E-state index is 0.218. The number of rotatable bonds is 5. The molecule has 0 bridgehead atoms. The molecule has 0 aliphatic carbocycles. The van der Waals surface area contributed by atoms with Crippen molar-refractivity contribution in [2.45, 2.75) is 19.9 Å². The first-order valence-electron chi connectivity index (χ1n) is 7.28. The Morgan fingerprint density at radius 2 is 1.77 bits per heavy atom. The highest BCUT2D eigenvalue weighted by atomic mass is 16.1. The predicted octanol–water partition coefficient (Wildman–Crippen LogP) is 3.22. The minimum atomic E-state index is -0.218. The Balaban J connectivity index is 2.08. The average molecular weight is 298 g/mol. The van der Waals surface area contributed by atoms with Crippen LogP contribution >= 0.6 is 0 Å². The second-order valence-electron chi connectivity index (χ2n) is 5.60. The summed E-state index contributed by atoms with van der Waals surface area (Å²) in [5.41, 5.74) is 2.22. The molecule has 0 aliphatic rings. The van der Waals surface area contributed by atoms with Crippen LogP contribution in [0.25, 0.3) is 0 Å². The van der Waals surface area contributed by atoms with Crippen LogP contribution < -0.4 is 15.5 Å². The first-order chi connectivity index (χ1) is 10.5. The monoisotopic (exact) mass is 298 g/mol. The zero-order chi connectivity index (χ0) is 16.1. The molecule has 22 heavy (non-hydrogen) atoms. The van der Waals surface area contributed by atoms with Gasteiger partial charge in [-0.1, -0.05) is 6.07 Å². The summed E-state index contributed by atoms with van der Waals surface area (Å²) in [6.07, 6.45) is 0. The van der Waals surface area contributed by atoms with Crippen molar-refractivity contribution in [3.8, 4) is 0 Å². The van der Waals surface area contributed by atoms with Crippen molar-refractivity contribution in [1.29, 1.82) is 0 Å². The molecule has 0 radical (unpaired) electrons. The molecule has 0 atom stereocenters. The van der Waals surface area contributed by atoms with Crippen molar-refractivity contribution in [2.24, 2.45) is 0 Å². The number of aromatic nitrogens is 1. The van der Waals surface area contributed by atoms with E-state index in [1.165, 1.54) is 0 Å². The van der Waals surface area contributed by atoms with E-state index in [0.29, 0.717) is 11.5 Å². The number of nitrogens with zero attached hydrogens (tertiary/aromatic N) is 2. The van der Waals surface area contributed by atoms with Gasteiger partial charge in [0.15, 0.2) is 0 Å². The molecule has 1 heterocycles. The summed E-state index contributed by atoms with van der Waals surface area (Å²) < 4.78 is 0. The van der Waals surface area contributed by atoms with Gasteiger partial charge >= 0.3 is 0 Å². The molecule has 0 unspecified atom stereocenters. The number of hydrogen-bond donors (Lipinski definition) is 2. The smallest absolute Gasteiger partial charge is 0.274 e. The maximum absolute atomic E-state index is 12.3. The van der Waals surface area contributed by atoms with E-state index in [2.05, 4.69) is 15.6 Å². The average Bonchev–Trinajstić information content (AvgIpc) is 2.47. The Labute approximate surface area is 131 Å². The molecular formula is C17H22N4O. The summed E-state index contributed by atoms with van der Waals surface area (Å²) in [4.78, 5) is 18.6. The van der Waals surface area contributed by atoms with Crippen LogP contribution in [0, 0.1) is 0 Å². The predicted molar refractivity (Wildman–Crippen MR) is 91.7 cm³/mol. The third-order valence-corrected chi connectivity index (χ3v) is 3.06. The van der Waals surface area contributed by atoms with Gasteiger partial charge in [0, 0.05) is 31.5 Å². The fourth-order valence-electron chi connectivity index (χ4n) is 1.98. The SMILES string of the molecule is CC(C)Nc1cccc(C(=O)Nc2ccc(N(C)C)cc2)n1. The van der Waals surface area contributed by atoms with Crippen LogP contribution in [0.2, 0.25) is 0 Å². The highest BCUT2D eigenvalue weighted by Crippen LogP contribution is 2.16. The van der Waals surface area contributed by atoms with Crippen molar-refractivity contribution in [2.75, 3.05) is 29.6 Å². The van der Waals surface area contributed by atoms with Gasteiger partial charge in [0.25, 0.3) is 5.91 Å². The van der Waals surface area contributed by atoms with E-state index in [4.69, 9.17) is 0 Å². The van der Waals surface area contributed by atoms with Gasteiger partial charge in [-0.3, -0.25) is 4.79 Å². The molecule has 0 fully saturated rings. The highest BCUT2D eigenvalue weighted by molar-refractivity contribution is 6.03. The number of anilines is 3. The van der Waals surface area contributed by atoms with E-state index < -0.39 is 0 Å². The number of benzene rings is 1. The Morgan fingerprint density at radius 3 is 2.36 bits per heavy atom. The molecule has 2 N–H and O–H groups in total. The summed E-state index contributed by atoms with van der Waals surface area (Å²) in [6, 6.07) is 13.3. The van der Waals surface area contributed by atoms with Crippen LogP contribution in [0.3, 0.4) is 0 Å². The lowest BCUT2D eigenvalue weighted by molar-refractivity contribution is 0.102. The minimum Gasteiger partial charge on any atom is -0.378 e. The number of pyridine rings is 1. The topological polar surface area (TPSA) is 57.3 Å². The first kappa shape index (κ1) is 15.8. The van der Waals surface area contributed by atoms with Gasteiger partial charge in [-0.25, -0.2) is 4.98 Å². The number of nitrogens with one attached hydrogen (secondary N) is 2. The van der Waals surface area contributed by atoms with Crippen molar-refractivity contribution in [3.63, 3.8) is 0 Å². The molecule has 0 aliphatic heterocycles. The summed E-state index contributed by atoms with van der Waals surface area (Å²) >= 11 is 0. The first-order valence-corrected chi connectivity index (χ1v) is 7.28. The second-order valence-corrected chi connectivity index (χ2v) is 5.60. The normalized spacial score (nSPS) is 10.4. The summed E-state index contributed by atoms with van der Waals surface area (Å²) in [5.74, 6) is 0.482. The van der Waals surface area contributed by atoms with Crippen LogP contribution in [-0.2, 0) is 0 Å². The lowest BCUT2D eigenvalue weighted by atomic mass is 10.2. The van der Waals surface area contributed by atoms with E-state index in [0.717, 1.165) is 11.4 Å². The number of hydrogen-bond acceptors (Lipinski definition) is 4. The van der Waals surface area contributed by atoms with Gasteiger partial charge in [-0.05, 0) is 50.2 Å². The lowest BCUT2D eigenvalue weighted by Gasteiger charge is -2.13. The van der Waals surface area contributed by atoms with Gasteiger partial charge in [-0.15, -0.1) is 0 Å². The van der Waals surface area contributed by atoms with Gasteiger partial charge in [-0.2, -0.15) is 0 Å². The Morgan fingerprint density at radius 1 is 1.09 bits per heavy atom. The van der Waals surface area contributed by atoms with Gasteiger partial charge in [0.05, 0.1) is 0 Å². The molecule has 0 saturated carbocycles. The maximum Gasteiger partial charge on any atom is 0.274 e. The summed E-state index contributed by atoms with van der Waals surface area (Å²) in [5, 5.41) is 6.04. The Kier molecular flexibility index (Phi) is 4.99. The molecule has 0 spiro atoms. The number of amides is 1. The molecule has 5 nitrogen and oxygen atoms in total. The second kappa shape index (κ2) is 6.93. The summed E-state index contributed by atoms with van der Waals surface area (Å²) in [6.45, 7) is 4.06. The lowest BCUT2D eigenvalue weighted by Crippen LogP contribution is -2.16. The van der Waals surface area contributed by atoms with E-state index in [1.807, 2.05) is 69.2 Å². The number of carbonyl (C=O) groups is 1. The van der Waals surface area contributed by atoms with E-state index in [1.54, 1.807) is 6.07 Å². The molecule has 1 aromatic heterocycles. The third kappa shape index (κ3) is 4.22. The Hall–Kier alpha value is -2.56. The largest absolute Gasteiger partial charge is 0.378 e. The van der Waals surface area contributed by atoms with Gasteiger partial charge < -0.3 is 15.5 Å².